The first-order chi connectivity index (χ1) is 8.02. The lowest BCUT2D eigenvalue weighted by Crippen LogP contribution is -2.06. The van der Waals surface area contributed by atoms with Crippen LogP contribution in [0.15, 0.2) is 17.3 Å². The highest BCUT2D eigenvalue weighted by atomic mass is 32.3. The molecule has 0 fully saturated rings. The van der Waals surface area contributed by atoms with Gasteiger partial charge in [0.15, 0.2) is 5.03 Å². The van der Waals surface area contributed by atoms with Crippen molar-refractivity contribution in [3.63, 3.8) is 0 Å². The maximum Gasteiger partial charge on any atom is 0.350 e. The molecule has 1 N–H and O–H groups in total. The van der Waals surface area contributed by atoms with Gasteiger partial charge in [0, 0.05) is 19.7 Å². The number of fused-ring (bicyclic) bond motifs is 1. The predicted molar refractivity (Wildman–Crippen MR) is 57.8 cm³/mol. The number of methoxy groups -OCH3 is 1. The highest BCUT2D eigenvalue weighted by molar-refractivity contribution is 7.86. The topological polar surface area (TPSA) is 84.9 Å². The van der Waals surface area contributed by atoms with Crippen LogP contribution in [0.5, 0.6) is 0 Å². The Hall–Kier alpha value is -1.54. The Bertz CT molecular complexity index is 638. The van der Waals surface area contributed by atoms with Crippen LogP contribution >= 0.6 is 0 Å². The Balaban J connectivity index is 2.59. The zero-order chi connectivity index (χ0) is 12.5. The highest BCUT2D eigenvalue weighted by Crippen LogP contribution is 2.20. The molecule has 0 spiro atoms. The molecule has 2 aromatic rings. The molecule has 2 heterocycles. The van der Waals surface area contributed by atoms with E-state index in [1.54, 1.807) is 0 Å². The van der Waals surface area contributed by atoms with Crippen LogP contribution in [0.4, 0.5) is 3.89 Å². The number of nitrogens with zero attached hydrogens (tertiary/aromatic N) is 2. The average molecular weight is 259 g/mol. The molecule has 6 nitrogen and oxygen atoms in total. The fraction of sp³-hybridized carbons (Fsp3) is 0.333. The van der Waals surface area contributed by atoms with E-state index in [4.69, 9.17) is 4.74 Å². The minimum absolute atomic E-state index is 0.147. The van der Waals surface area contributed by atoms with Crippen molar-refractivity contribution in [3.8, 4) is 0 Å². The summed E-state index contributed by atoms with van der Waals surface area (Å²) in [5, 5.41) is -0.455. The summed E-state index contributed by atoms with van der Waals surface area (Å²) in [5.74, 6) is 0.220. The fourth-order valence-electron chi connectivity index (χ4n) is 1.45. The van der Waals surface area contributed by atoms with Crippen LogP contribution in [0.25, 0.3) is 11.0 Å². The van der Waals surface area contributed by atoms with Crippen LogP contribution in [0.3, 0.4) is 0 Å². The fourth-order valence-corrected chi connectivity index (χ4v) is 2.09. The molecule has 0 aromatic carbocycles. The molecule has 0 aliphatic rings. The van der Waals surface area contributed by atoms with Gasteiger partial charge in [0.25, 0.3) is 0 Å². The maximum absolute atomic E-state index is 13.1. The summed E-state index contributed by atoms with van der Waals surface area (Å²) >= 11 is 0. The second-order valence-corrected chi connectivity index (χ2v) is 4.63. The molecular formula is C9H10FN3O3S. The third-order valence-electron chi connectivity index (χ3n) is 2.19. The van der Waals surface area contributed by atoms with Crippen molar-refractivity contribution >= 4 is 21.3 Å². The van der Waals surface area contributed by atoms with Crippen molar-refractivity contribution < 1.29 is 17.0 Å². The van der Waals surface area contributed by atoms with Crippen molar-refractivity contribution in [1.82, 2.24) is 15.0 Å². The third-order valence-corrected chi connectivity index (χ3v) is 2.96. The number of hydrogen-bond donors (Lipinski definition) is 1. The Morgan fingerprint density at radius 2 is 2.24 bits per heavy atom. The van der Waals surface area contributed by atoms with Gasteiger partial charge in [0.2, 0.25) is 0 Å². The van der Waals surface area contributed by atoms with E-state index in [2.05, 4.69) is 15.0 Å². The molecule has 0 saturated heterocycles. The second-order valence-electron chi connectivity index (χ2n) is 3.37. The summed E-state index contributed by atoms with van der Waals surface area (Å²) in [6.07, 6.45) is 1.79. The number of hydrogen-bond acceptors (Lipinski definition) is 5. The zero-order valence-corrected chi connectivity index (χ0v) is 9.79. The first-order valence-corrected chi connectivity index (χ1v) is 6.18. The number of aromatic amines is 1. The van der Waals surface area contributed by atoms with Gasteiger partial charge in [-0.2, -0.15) is 8.42 Å². The Morgan fingerprint density at radius 3 is 2.88 bits per heavy atom. The van der Waals surface area contributed by atoms with Crippen molar-refractivity contribution in [1.29, 1.82) is 0 Å². The Morgan fingerprint density at radius 1 is 1.47 bits per heavy atom. The average Bonchev–Trinajstić information content (AvgIpc) is 2.71. The molecule has 8 heteroatoms. The summed E-state index contributed by atoms with van der Waals surface area (Å²) in [6.45, 7) is 0.331. The van der Waals surface area contributed by atoms with Gasteiger partial charge in [0.05, 0.1) is 12.0 Å². The molecule has 0 atom stereocenters. The van der Waals surface area contributed by atoms with Gasteiger partial charge in [-0.1, -0.05) is 3.89 Å². The molecular weight excluding hydrogens is 249 g/mol. The van der Waals surface area contributed by atoms with Crippen LogP contribution in [0.2, 0.25) is 0 Å². The molecule has 0 aliphatic carbocycles. The monoisotopic (exact) mass is 259 g/mol. The number of rotatable bonds is 4. The van der Waals surface area contributed by atoms with Crippen LogP contribution in [0, 0.1) is 0 Å². The van der Waals surface area contributed by atoms with Gasteiger partial charge in [0.1, 0.15) is 11.5 Å². The largest absolute Gasteiger partial charge is 0.384 e. The summed E-state index contributed by atoms with van der Waals surface area (Å²) in [7, 11) is -3.36. The zero-order valence-electron chi connectivity index (χ0n) is 8.97. The first kappa shape index (κ1) is 11.9. The molecule has 0 bridgehead atoms. The van der Waals surface area contributed by atoms with Gasteiger partial charge in [-0.05, 0) is 6.07 Å². The van der Waals surface area contributed by atoms with E-state index in [0.717, 1.165) is 0 Å². The number of ether oxygens (including phenoxy) is 1. The van der Waals surface area contributed by atoms with Crippen molar-refractivity contribution in [2.45, 2.75) is 11.4 Å². The van der Waals surface area contributed by atoms with Crippen molar-refractivity contribution in [2.75, 3.05) is 13.7 Å². The van der Waals surface area contributed by atoms with Crippen LogP contribution in [-0.4, -0.2) is 37.1 Å². The number of aromatic nitrogens is 3. The number of halogens is 1. The van der Waals surface area contributed by atoms with Gasteiger partial charge in [-0.3, -0.25) is 0 Å². The molecule has 0 radical (unpaired) electrons. The minimum atomic E-state index is -4.86. The highest BCUT2D eigenvalue weighted by Gasteiger charge is 2.20. The standard InChI is InChI=1S/C9H10FN3O3S/c1-16-5-3-7-12-8-6(2-4-11-8)9(13-7)17(10,14)15/h2,4H,3,5H2,1H3,(H,11,12,13). The van der Waals surface area contributed by atoms with Gasteiger partial charge >= 0.3 is 10.2 Å². The molecule has 0 amide bonds. The molecule has 17 heavy (non-hydrogen) atoms. The lowest BCUT2D eigenvalue weighted by Gasteiger charge is -2.02. The molecule has 2 aromatic heterocycles. The van der Waals surface area contributed by atoms with E-state index in [9.17, 15) is 12.3 Å². The van der Waals surface area contributed by atoms with E-state index in [1.165, 1.54) is 19.4 Å². The van der Waals surface area contributed by atoms with E-state index < -0.39 is 15.2 Å². The predicted octanol–water partition coefficient (Wildman–Crippen LogP) is 0.805. The molecule has 92 valence electrons. The first-order valence-electron chi connectivity index (χ1n) is 4.80. The van der Waals surface area contributed by atoms with Crippen LogP contribution in [-0.2, 0) is 21.4 Å². The van der Waals surface area contributed by atoms with Crippen LogP contribution < -0.4 is 0 Å². The third kappa shape index (κ3) is 2.42. The molecule has 0 saturated carbocycles. The van der Waals surface area contributed by atoms with Crippen LogP contribution in [0.1, 0.15) is 5.82 Å². The van der Waals surface area contributed by atoms with E-state index >= 15 is 0 Å². The van der Waals surface area contributed by atoms with Crippen molar-refractivity contribution in [3.05, 3.63) is 18.1 Å². The van der Waals surface area contributed by atoms with E-state index in [0.29, 0.717) is 18.7 Å². The summed E-state index contributed by atoms with van der Waals surface area (Å²) in [6, 6.07) is 1.42. The number of H-pyrrole nitrogens is 1. The molecule has 0 unspecified atom stereocenters. The van der Waals surface area contributed by atoms with E-state index in [1.807, 2.05) is 0 Å². The number of nitrogens with one attached hydrogen (secondary N) is 1. The molecule has 0 aliphatic heterocycles. The summed E-state index contributed by atoms with van der Waals surface area (Å²) in [5.41, 5.74) is 0.294. The lowest BCUT2D eigenvalue weighted by molar-refractivity contribution is 0.200. The minimum Gasteiger partial charge on any atom is -0.384 e. The summed E-state index contributed by atoms with van der Waals surface area (Å²) < 4.78 is 39.8. The summed E-state index contributed by atoms with van der Waals surface area (Å²) in [4.78, 5) is 10.5. The Labute approximate surface area is 97.1 Å². The van der Waals surface area contributed by atoms with Gasteiger partial charge in [-0.15, -0.1) is 0 Å². The smallest absolute Gasteiger partial charge is 0.350 e. The van der Waals surface area contributed by atoms with Gasteiger partial charge in [-0.25, -0.2) is 9.97 Å². The maximum atomic E-state index is 13.1. The van der Waals surface area contributed by atoms with Gasteiger partial charge < -0.3 is 9.72 Å². The lowest BCUT2D eigenvalue weighted by atomic mass is 10.4. The second kappa shape index (κ2) is 4.38. The van der Waals surface area contributed by atoms with E-state index in [-0.39, 0.29) is 11.2 Å². The Kier molecular flexibility index (Phi) is 3.07. The van der Waals surface area contributed by atoms with Crippen molar-refractivity contribution in [2.24, 2.45) is 0 Å². The SMILES string of the molecule is COCCc1nc(S(=O)(=O)F)c2cc[nH]c2n1. The normalized spacial score (nSPS) is 12.1. The quantitative estimate of drug-likeness (QED) is 0.648. The molecule has 2 rings (SSSR count).